The second-order valence-electron chi connectivity index (χ2n) is 17.7. The van der Waals surface area contributed by atoms with Gasteiger partial charge in [0, 0.05) is 93.4 Å². The molecule has 47 heavy (non-hydrogen) atoms. The van der Waals surface area contributed by atoms with Gasteiger partial charge in [0.1, 0.15) is 5.78 Å². The van der Waals surface area contributed by atoms with Gasteiger partial charge in [-0.2, -0.15) is 0 Å². The molecule has 0 aromatic rings. The first-order valence-electron chi connectivity index (χ1n) is 18.9. The van der Waals surface area contributed by atoms with E-state index in [-0.39, 0.29) is 11.1 Å². The molecule has 0 N–H and O–H groups in total. The van der Waals surface area contributed by atoms with Crippen molar-refractivity contribution >= 4 is 11.6 Å². The Balaban J connectivity index is 0.000000314. The largest absolute Gasteiger partial charge is 0.303 e. The number of piperidine rings is 2. The highest BCUT2D eigenvalue weighted by Gasteiger charge is 2.38. The summed E-state index contributed by atoms with van der Waals surface area (Å²) >= 11 is 0. The van der Waals surface area contributed by atoms with E-state index in [1.165, 1.54) is 39.3 Å². The summed E-state index contributed by atoms with van der Waals surface area (Å²) in [6.45, 7) is 42.2. The molecule has 278 valence electrons. The summed E-state index contributed by atoms with van der Waals surface area (Å²) in [5.74, 6) is 0.783. The molecule has 0 unspecified atom stereocenters. The Morgan fingerprint density at radius 1 is 0.638 bits per heavy atom. The van der Waals surface area contributed by atoms with Gasteiger partial charge in [-0.15, -0.1) is 0 Å². The lowest BCUT2D eigenvalue weighted by atomic mass is 9.88. The third-order valence-corrected chi connectivity index (χ3v) is 11.1. The standard InChI is InChI=1S/C10H22N2.2C10H19NO.C9H20N2/c1-9(2)12-7-6-11(5)8-10(12,3)4;1-8(2)11-7-9(12)5-6-10(11,3)4;1-8(2)11-7-5-6-9(12)10(11,3)4;1-8(2)11-6-5-10(4)9(3)7-11/h9H,6-8H2,1-5H3;2*8H,5-7H2,1-4H3;8-9H,5-7H2,1-4H3/t;;;9-/m...0/s1. The van der Waals surface area contributed by atoms with Gasteiger partial charge >= 0.3 is 0 Å². The molecule has 0 spiro atoms. The first-order valence-corrected chi connectivity index (χ1v) is 18.9. The number of nitrogens with zero attached hydrogens (tertiary/aromatic N) is 6. The van der Waals surface area contributed by atoms with Crippen molar-refractivity contribution in [2.45, 2.75) is 176 Å². The molecule has 0 aromatic carbocycles. The molecule has 8 heteroatoms. The minimum Gasteiger partial charge on any atom is -0.303 e. The summed E-state index contributed by atoms with van der Waals surface area (Å²) < 4.78 is 0. The maximum Gasteiger partial charge on any atom is 0.152 e. The van der Waals surface area contributed by atoms with Crippen molar-refractivity contribution in [3.05, 3.63) is 0 Å². The van der Waals surface area contributed by atoms with Crippen molar-refractivity contribution in [2.24, 2.45) is 0 Å². The predicted octanol–water partition coefficient (Wildman–Crippen LogP) is 6.13. The number of Topliss-reactive ketones (excluding diaryl/α,β-unsaturated/α-hetero) is 2. The number of likely N-dealkylation sites (N-methyl/N-ethyl adjacent to an activating group) is 2. The van der Waals surface area contributed by atoms with E-state index >= 15 is 0 Å². The fraction of sp³-hybridized carbons (Fsp3) is 0.949. The quantitative estimate of drug-likeness (QED) is 0.356. The second-order valence-corrected chi connectivity index (χ2v) is 17.7. The van der Waals surface area contributed by atoms with Crippen LogP contribution in [0.2, 0.25) is 0 Å². The normalized spacial score (nSPS) is 26.4. The van der Waals surface area contributed by atoms with Gasteiger partial charge in [0.15, 0.2) is 5.78 Å². The minimum atomic E-state index is -0.230. The zero-order valence-corrected chi connectivity index (χ0v) is 34.4. The molecular weight excluding hydrogens is 584 g/mol. The summed E-state index contributed by atoms with van der Waals surface area (Å²) in [6, 6.07) is 3.07. The van der Waals surface area contributed by atoms with Crippen LogP contribution in [0, 0.1) is 0 Å². The Hall–Kier alpha value is -0.900. The third kappa shape index (κ3) is 13.7. The maximum atomic E-state index is 11.6. The van der Waals surface area contributed by atoms with Crippen LogP contribution in [0.5, 0.6) is 0 Å². The highest BCUT2D eigenvalue weighted by molar-refractivity contribution is 5.88. The highest BCUT2D eigenvalue weighted by atomic mass is 16.1. The number of piperazine rings is 2. The molecule has 8 nitrogen and oxygen atoms in total. The van der Waals surface area contributed by atoms with Gasteiger partial charge in [0.25, 0.3) is 0 Å². The van der Waals surface area contributed by atoms with Crippen molar-refractivity contribution in [1.29, 1.82) is 0 Å². The maximum absolute atomic E-state index is 11.6. The van der Waals surface area contributed by atoms with Gasteiger partial charge in [-0.1, -0.05) is 0 Å². The van der Waals surface area contributed by atoms with E-state index in [0.29, 0.717) is 47.8 Å². The summed E-state index contributed by atoms with van der Waals surface area (Å²) in [7, 11) is 4.42. The topological polar surface area (TPSA) is 53.6 Å². The summed E-state index contributed by atoms with van der Waals surface area (Å²) in [5.41, 5.74) is 0.329. The Morgan fingerprint density at radius 2 is 1.19 bits per heavy atom. The Bertz CT molecular complexity index is 938. The Labute approximate surface area is 292 Å². The van der Waals surface area contributed by atoms with E-state index in [1.54, 1.807) is 0 Å². The van der Waals surface area contributed by atoms with Crippen LogP contribution in [0.15, 0.2) is 0 Å². The average molecular weight is 665 g/mol. The molecule has 0 saturated carbocycles. The molecule has 4 fully saturated rings. The van der Waals surface area contributed by atoms with Gasteiger partial charge in [0.2, 0.25) is 0 Å². The van der Waals surface area contributed by atoms with Crippen LogP contribution in [-0.2, 0) is 9.59 Å². The van der Waals surface area contributed by atoms with Crippen molar-refractivity contribution < 1.29 is 9.59 Å². The molecular formula is C39H80N6O2. The third-order valence-electron chi connectivity index (χ3n) is 11.1. The predicted molar refractivity (Wildman–Crippen MR) is 203 cm³/mol. The zero-order valence-electron chi connectivity index (χ0n) is 34.4. The van der Waals surface area contributed by atoms with Crippen molar-refractivity contribution in [3.8, 4) is 0 Å². The van der Waals surface area contributed by atoms with E-state index in [9.17, 15) is 9.59 Å². The summed E-state index contributed by atoms with van der Waals surface area (Å²) in [6.07, 6.45) is 3.55. The first kappa shape index (κ1) is 44.1. The van der Waals surface area contributed by atoms with Crippen LogP contribution < -0.4 is 0 Å². The van der Waals surface area contributed by atoms with Crippen LogP contribution in [0.4, 0.5) is 0 Å². The fourth-order valence-corrected chi connectivity index (χ4v) is 7.93. The Kier molecular flexibility index (Phi) is 17.8. The number of hydrogen-bond donors (Lipinski definition) is 0. The lowest BCUT2D eigenvalue weighted by Gasteiger charge is -2.48. The van der Waals surface area contributed by atoms with Crippen molar-refractivity contribution in [3.63, 3.8) is 0 Å². The van der Waals surface area contributed by atoms with Crippen LogP contribution in [-0.4, -0.2) is 154 Å². The number of rotatable bonds is 4. The van der Waals surface area contributed by atoms with E-state index in [0.717, 1.165) is 38.3 Å². The van der Waals surface area contributed by atoms with Crippen LogP contribution in [0.25, 0.3) is 0 Å². The molecule has 4 heterocycles. The van der Waals surface area contributed by atoms with Crippen molar-refractivity contribution in [2.75, 3.05) is 66.5 Å². The molecule has 0 radical (unpaired) electrons. The number of ketones is 2. The van der Waals surface area contributed by atoms with Crippen molar-refractivity contribution in [1.82, 2.24) is 29.4 Å². The fourth-order valence-electron chi connectivity index (χ4n) is 7.93. The molecule has 4 aliphatic heterocycles. The highest BCUT2D eigenvalue weighted by Crippen LogP contribution is 2.28. The molecule has 0 bridgehead atoms. The monoisotopic (exact) mass is 665 g/mol. The van der Waals surface area contributed by atoms with E-state index in [4.69, 9.17) is 0 Å². The smallest absolute Gasteiger partial charge is 0.152 e. The second kappa shape index (κ2) is 18.9. The van der Waals surface area contributed by atoms with Gasteiger partial charge in [-0.25, -0.2) is 0 Å². The Morgan fingerprint density at radius 3 is 1.62 bits per heavy atom. The summed E-state index contributed by atoms with van der Waals surface area (Å²) in [4.78, 5) is 37.4. The first-order chi connectivity index (χ1) is 21.4. The van der Waals surface area contributed by atoms with E-state index in [1.807, 2.05) is 13.8 Å². The number of hydrogen-bond acceptors (Lipinski definition) is 8. The van der Waals surface area contributed by atoms with Gasteiger partial charge < -0.3 is 9.80 Å². The molecule has 0 amide bonds. The zero-order chi connectivity index (χ0) is 36.5. The molecule has 0 aliphatic carbocycles. The summed E-state index contributed by atoms with van der Waals surface area (Å²) in [5, 5.41) is 0. The van der Waals surface area contributed by atoms with Crippen LogP contribution >= 0.6 is 0 Å². The van der Waals surface area contributed by atoms with Crippen LogP contribution in [0.3, 0.4) is 0 Å². The number of likely N-dealkylation sites (tertiary alicyclic amines) is 2. The van der Waals surface area contributed by atoms with Gasteiger partial charge in [0.05, 0.1) is 12.1 Å². The van der Waals surface area contributed by atoms with E-state index < -0.39 is 0 Å². The van der Waals surface area contributed by atoms with Gasteiger partial charge in [-0.3, -0.25) is 29.2 Å². The minimum absolute atomic E-state index is 0.210. The molecule has 4 saturated heterocycles. The lowest BCUT2D eigenvalue weighted by Crippen LogP contribution is -2.60. The van der Waals surface area contributed by atoms with E-state index in [2.05, 4.69) is 134 Å². The molecule has 4 aliphatic rings. The molecule has 4 rings (SSSR count). The van der Waals surface area contributed by atoms with Crippen LogP contribution in [0.1, 0.15) is 130 Å². The lowest BCUT2D eigenvalue weighted by molar-refractivity contribution is -0.134. The molecule has 0 aromatic heterocycles. The number of carbonyl (C=O) groups excluding carboxylic acids is 2. The SMILES string of the molecule is CC(C)N1CC(=O)CCC1(C)C.CC(C)N1CCCC(=O)C1(C)C.CC(C)N1CCN(C)CC1(C)C.CC(C)N1CCN(C)[C@@H](C)C1. The average Bonchev–Trinajstić information content (AvgIpc) is 2.93. The van der Waals surface area contributed by atoms with Gasteiger partial charge in [-0.05, 0) is 137 Å². The number of carbonyl (C=O) groups is 2. The molecule has 1 atom stereocenters.